The average Bonchev–Trinajstić information content (AvgIpc) is 4.10. The number of furan rings is 1. The normalized spacial score (nSPS) is 11.8. The molecule has 0 N–H and O–H groups in total. The Labute approximate surface area is 396 Å². The van der Waals surface area contributed by atoms with Crippen LogP contribution in [0.5, 0.6) is 0 Å². The van der Waals surface area contributed by atoms with Crippen LogP contribution >= 0.6 is 11.3 Å². The summed E-state index contributed by atoms with van der Waals surface area (Å²) >= 11 is 1.86. The van der Waals surface area contributed by atoms with Crippen LogP contribution < -0.4 is 4.90 Å². The predicted molar refractivity (Wildman–Crippen MR) is 289 cm³/mol. The molecule has 0 aliphatic rings. The van der Waals surface area contributed by atoms with Gasteiger partial charge in [0.2, 0.25) is 0 Å². The van der Waals surface area contributed by atoms with Gasteiger partial charge < -0.3 is 13.9 Å². The van der Waals surface area contributed by atoms with Crippen molar-refractivity contribution in [1.82, 2.24) is 4.57 Å². The number of anilines is 3. The Kier molecular flexibility index (Phi) is 8.76. The van der Waals surface area contributed by atoms with Gasteiger partial charge in [0.05, 0.1) is 11.0 Å². The van der Waals surface area contributed by atoms with Gasteiger partial charge >= 0.3 is 0 Å². The van der Waals surface area contributed by atoms with Gasteiger partial charge in [0.25, 0.3) is 0 Å². The van der Waals surface area contributed by atoms with Gasteiger partial charge in [0, 0.05) is 69.9 Å². The van der Waals surface area contributed by atoms with Crippen LogP contribution in [0.25, 0.3) is 114 Å². The molecule has 318 valence electrons. The molecule has 0 atom stereocenters. The number of hydrogen-bond donors (Lipinski definition) is 0. The molecule has 0 radical (unpaired) electrons. The average molecular weight is 885 g/mol. The molecule has 0 spiro atoms. The van der Waals surface area contributed by atoms with Crippen LogP contribution in [0.4, 0.5) is 17.1 Å². The molecule has 68 heavy (non-hydrogen) atoms. The van der Waals surface area contributed by atoms with E-state index in [1.807, 2.05) is 11.3 Å². The number of thiophene rings is 1. The van der Waals surface area contributed by atoms with Crippen molar-refractivity contribution >= 4 is 103 Å². The van der Waals surface area contributed by atoms with Gasteiger partial charge in [-0.05, 0) is 124 Å². The summed E-state index contributed by atoms with van der Waals surface area (Å²) in [5.41, 5.74) is 15.6. The van der Waals surface area contributed by atoms with Gasteiger partial charge in [-0.3, -0.25) is 0 Å². The summed E-state index contributed by atoms with van der Waals surface area (Å²) in [5, 5.41) is 9.69. The first-order valence-electron chi connectivity index (χ1n) is 23.2. The monoisotopic (exact) mass is 884 g/mol. The summed E-state index contributed by atoms with van der Waals surface area (Å²) in [4.78, 5) is 2.38. The second-order valence-corrected chi connectivity index (χ2v) is 18.7. The smallest absolute Gasteiger partial charge is 0.143 e. The number of hydrogen-bond acceptors (Lipinski definition) is 3. The molecule has 0 saturated heterocycles. The first-order chi connectivity index (χ1) is 33.7. The minimum atomic E-state index is 0.887. The van der Waals surface area contributed by atoms with E-state index in [-0.39, 0.29) is 0 Å². The number of fused-ring (bicyclic) bond motifs is 11. The second kappa shape index (κ2) is 15.5. The van der Waals surface area contributed by atoms with Crippen LogP contribution in [-0.2, 0) is 0 Å². The standard InChI is InChI=1S/C64H40N2OS/c1-2-18-52-42(13-1)33-38-56-62-51(22-11-26-59(62)67-64(52)56)45-15-10-16-48(40-45)65(47-36-31-43(32-37-47)50-23-12-28-61-63(50)55-21-5-8-27-60(55)68-61)46-34-29-41(30-35-46)44-14-9-17-49(39-44)66-57-24-6-3-19-53(57)54-20-4-7-25-58(54)66/h1-40H. The van der Waals surface area contributed by atoms with E-state index in [9.17, 15) is 0 Å². The lowest BCUT2D eigenvalue weighted by Gasteiger charge is -2.26. The maximum atomic E-state index is 6.64. The highest BCUT2D eigenvalue weighted by Crippen LogP contribution is 2.45. The van der Waals surface area contributed by atoms with Crippen molar-refractivity contribution in [1.29, 1.82) is 0 Å². The fourth-order valence-corrected chi connectivity index (χ4v) is 11.8. The first kappa shape index (κ1) is 38.6. The zero-order chi connectivity index (χ0) is 44.7. The predicted octanol–water partition coefficient (Wildman–Crippen LogP) is 18.7. The molecule has 11 aromatic carbocycles. The van der Waals surface area contributed by atoms with Gasteiger partial charge in [0.1, 0.15) is 11.2 Å². The molecular weight excluding hydrogens is 845 g/mol. The molecule has 0 saturated carbocycles. The second-order valence-electron chi connectivity index (χ2n) is 17.6. The number of nitrogens with zero attached hydrogens (tertiary/aromatic N) is 2. The Balaban J connectivity index is 0.891. The van der Waals surface area contributed by atoms with Crippen LogP contribution in [0, 0.1) is 0 Å². The number of para-hydroxylation sites is 2. The van der Waals surface area contributed by atoms with E-state index < -0.39 is 0 Å². The fraction of sp³-hybridized carbons (Fsp3) is 0. The van der Waals surface area contributed by atoms with Gasteiger partial charge in [0.15, 0.2) is 0 Å². The summed E-state index contributed by atoms with van der Waals surface area (Å²) in [5.74, 6) is 0. The maximum absolute atomic E-state index is 6.64. The van der Waals surface area contributed by atoms with Crippen molar-refractivity contribution in [2.75, 3.05) is 4.90 Å². The number of benzene rings is 11. The third-order valence-corrected chi connectivity index (χ3v) is 14.9. The minimum absolute atomic E-state index is 0.887. The van der Waals surface area contributed by atoms with Crippen LogP contribution in [0.1, 0.15) is 0 Å². The summed E-state index contributed by atoms with van der Waals surface area (Å²) in [6, 6.07) is 88.1. The first-order valence-corrected chi connectivity index (χ1v) is 24.0. The van der Waals surface area contributed by atoms with Gasteiger partial charge in [-0.15, -0.1) is 11.3 Å². The van der Waals surface area contributed by atoms with E-state index >= 15 is 0 Å². The maximum Gasteiger partial charge on any atom is 0.143 e. The Bertz CT molecular complexity index is 4210. The van der Waals surface area contributed by atoms with E-state index in [0.717, 1.165) is 72.3 Å². The quantitative estimate of drug-likeness (QED) is 0.159. The molecule has 0 aliphatic heterocycles. The van der Waals surface area contributed by atoms with Crippen molar-refractivity contribution in [3.05, 3.63) is 243 Å². The van der Waals surface area contributed by atoms with E-state index in [1.54, 1.807) is 0 Å². The molecule has 3 heterocycles. The molecule has 0 amide bonds. The van der Waals surface area contributed by atoms with Crippen LogP contribution in [-0.4, -0.2) is 4.57 Å². The van der Waals surface area contributed by atoms with E-state index in [2.05, 4.69) is 252 Å². The summed E-state index contributed by atoms with van der Waals surface area (Å²) in [7, 11) is 0. The Hall–Kier alpha value is -8.70. The summed E-state index contributed by atoms with van der Waals surface area (Å²) in [6.07, 6.45) is 0. The molecule has 0 aliphatic carbocycles. The van der Waals surface area contributed by atoms with E-state index in [0.29, 0.717) is 0 Å². The highest BCUT2D eigenvalue weighted by Gasteiger charge is 2.19. The molecule has 14 rings (SSSR count). The lowest BCUT2D eigenvalue weighted by molar-refractivity contribution is 0.673. The third kappa shape index (κ3) is 6.12. The lowest BCUT2D eigenvalue weighted by Crippen LogP contribution is -2.10. The van der Waals surface area contributed by atoms with Crippen LogP contribution in [0.15, 0.2) is 247 Å². The largest absolute Gasteiger partial charge is 0.455 e. The molecule has 0 bridgehead atoms. The SMILES string of the molecule is c1cc(-c2cccc3oc4c5ccccc5ccc4c23)cc(N(c2ccc(-c3cccc(-n4c5ccccc5c5ccccc54)c3)cc2)c2ccc(-c3cccc4sc5ccccc5c34)cc2)c1. The summed E-state index contributed by atoms with van der Waals surface area (Å²) < 4.78 is 11.6. The topological polar surface area (TPSA) is 21.3 Å². The molecule has 4 heteroatoms. The van der Waals surface area contributed by atoms with E-state index in [4.69, 9.17) is 4.42 Å². The van der Waals surface area contributed by atoms with Gasteiger partial charge in [-0.1, -0.05) is 158 Å². The highest BCUT2D eigenvalue weighted by molar-refractivity contribution is 7.25. The fourth-order valence-electron chi connectivity index (χ4n) is 10.7. The van der Waals surface area contributed by atoms with Gasteiger partial charge in [-0.25, -0.2) is 0 Å². The van der Waals surface area contributed by atoms with Crippen LogP contribution in [0.2, 0.25) is 0 Å². The zero-order valence-electron chi connectivity index (χ0n) is 36.8. The third-order valence-electron chi connectivity index (χ3n) is 13.8. The van der Waals surface area contributed by atoms with Crippen molar-refractivity contribution < 1.29 is 4.42 Å². The summed E-state index contributed by atoms with van der Waals surface area (Å²) in [6.45, 7) is 0. The zero-order valence-corrected chi connectivity index (χ0v) is 37.6. The molecular formula is C64H40N2OS. The van der Waals surface area contributed by atoms with Crippen molar-refractivity contribution in [3.63, 3.8) is 0 Å². The van der Waals surface area contributed by atoms with Crippen LogP contribution in [0.3, 0.4) is 0 Å². The van der Waals surface area contributed by atoms with E-state index in [1.165, 1.54) is 58.5 Å². The van der Waals surface area contributed by atoms with Crippen molar-refractivity contribution in [2.24, 2.45) is 0 Å². The minimum Gasteiger partial charge on any atom is -0.455 e. The molecule has 3 aromatic heterocycles. The van der Waals surface area contributed by atoms with Gasteiger partial charge in [-0.2, -0.15) is 0 Å². The molecule has 3 nitrogen and oxygen atoms in total. The van der Waals surface area contributed by atoms with Crippen molar-refractivity contribution in [3.8, 4) is 39.1 Å². The Morgan fingerprint density at radius 1 is 0.353 bits per heavy atom. The molecule has 14 aromatic rings. The Morgan fingerprint density at radius 3 is 1.74 bits per heavy atom. The lowest BCUT2D eigenvalue weighted by atomic mass is 9.97. The van der Waals surface area contributed by atoms with Crippen molar-refractivity contribution in [2.45, 2.75) is 0 Å². The Morgan fingerprint density at radius 2 is 0.956 bits per heavy atom. The molecule has 0 fully saturated rings. The molecule has 0 unspecified atom stereocenters. The number of rotatable bonds is 7. The highest BCUT2D eigenvalue weighted by atomic mass is 32.1. The number of aromatic nitrogens is 1.